The van der Waals surface area contributed by atoms with E-state index < -0.39 is 15.9 Å². The number of aryl methyl sites for hydroxylation is 1. The van der Waals surface area contributed by atoms with Crippen LogP contribution in [0.4, 0.5) is 0 Å². The predicted molar refractivity (Wildman–Crippen MR) is 113 cm³/mol. The summed E-state index contributed by atoms with van der Waals surface area (Å²) in [6, 6.07) is 14.0. The van der Waals surface area contributed by atoms with Gasteiger partial charge in [0.25, 0.3) is 5.91 Å². The fraction of sp³-hybridized carbons (Fsp3) is 0.300. The average Bonchev–Trinajstić information content (AvgIpc) is 3.04. The largest absolute Gasteiger partial charge is 0.319 e. The van der Waals surface area contributed by atoms with E-state index in [1.807, 2.05) is 42.9 Å². The van der Waals surface area contributed by atoms with E-state index in [9.17, 15) is 13.2 Å². The topological polar surface area (TPSA) is 75.0 Å². The Labute approximate surface area is 173 Å². The van der Waals surface area contributed by atoms with Crippen molar-refractivity contribution >= 4 is 37.5 Å². The van der Waals surface area contributed by atoms with Gasteiger partial charge in [-0.3, -0.25) is 4.79 Å². The number of fused-ring (bicyclic) bond motifs is 1. The lowest BCUT2D eigenvalue weighted by Gasteiger charge is -2.31. The number of piperazine rings is 1. The first kappa shape index (κ1) is 20.0. The van der Waals surface area contributed by atoms with E-state index in [1.54, 1.807) is 12.1 Å². The lowest BCUT2D eigenvalue weighted by Crippen LogP contribution is -2.47. The summed E-state index contributed by atoms with van der Waals surface area (Å²) in [6.07, 6.45) is 0. The number of sulfonamides is 1. The number of para-hydroxylation sites is 1. The average molecular weight is 431 g/mol. The highest BCUT2D eigenvalue weighted by atomic mass is 32.2. The SMILES string of the molecule is CN1CCN(S(=O)(=O)c2cccc(C(=O)N=c3sc4ccccc4n3C)c2)CC1. The number of likely N-dealkylation sites (N-methyl/N-ethyl adjacent to an activating group) is 1. The monoisotopic (exact) mass is 430 g/mol. The molecule has 1 fully saturated rings. The molecule has 9 heteroatoms. The number of nitrogens with zero attached hydrogens (tertiary/aromatic N) is 4. The Balaban J connectivity index is 1.66. The molecule has 0 N–H and O–H groups in total. The van der Waals surface area contributed by atoms with Crippen LogP contribution in [0.15, 0.2) is 58.4 Å². The molecule has 1 aromatic heterocycles. The summed E-state index contributed by atoms with van der Waals surface area (Å²) >= 11 is 1.42. The maximum Gasteiger partial charge on any atom is 0.279 e. The standard InChI is InChI=1S/C20H22N4O3S2/c1-22-10-12-24(13-11-22)29(26,27)16-7-5-6-15(14-16)19(25)21-20-23(2)17-8-3-4-9-18(17)28-20/h3-9,14H,10-13H2,1-2H3. The van der Waals surface area contributed by atoms with Crippen LogP contribution in [0.3, 0.4) is 0 Å². The third-order valence-corrected chi connectivity index (χ3v) is 8.10. The number of rotatable bonds is 3. The van der Waals surface area contributed by atoms with Gasteiger partial charge in [0.1, 0.15) is 0 Å². The van der Waals surface area contributed by atoms with Gasteiger partial charge >= 0.3 is 0 Å². The predicted octanol–water partition coefficient (Wildman–Crippen LogP) is 1.92. The van der Waals surface area contributed by atoms with E-state index in [2.05, 4.69) is 9.89 Å². The molecule has 1 saturated heterocycles. The molecule has 152 valence electrons. The third kappa shape index (κ3) is 3.91. The molecule has 3 aromatic rings. The molecule has 0 aliphatic carbocycles. The second kappa shape index (κ2) is 7.83. The molecule has 0 spiro atoms. The summed E-state index contributed by atoms with van der Waals surface area (Å²) in [5, 5.41) is 0. The highest BCUT2D eigenvalue weighted by Gasteiger charge is 2.27. The van der Waals surface area contributed by atoms with Crippen LogP contribution in [0.2, 0.25) is 0 Å². The normalized spacial score (nSPS) is 17.1. The van der Waals surface area contributed by atoms with E-state index in [-0.39, 0.29) is 10.5 Å². The van der Waals surface area contributed by atoms with Crippen molar-refractivity contribution in [3.63, 3.8) is 0 Å². The zero-order chi connectivity index (χ0) is 20.6. The third-order valence-electron chi connectivity index (χ3n) is 5.09. The number of hydrogen-bond acceptors (Lipinski definition) is 5. The van der Waals surface area contributed by atoms with Crippen molar-refractivity contribution < 1.29 is 13.2 Å². The summed E-state index contributed by atoms with van der Waals surface area (Å²) in [7, 11) is 0.198. The summed E-state index contributed by atoms with van der Waals surface area (Å²) in [4.78, 5) is 19.8. The number of thiazole rings is 1. The zero-order valence-electron chi connectivity index (χ0n) is 16.3. The highest BCUT2D eigenvalue weighted by Crippen LogP contribution is 2.19. The molecule has 2 aromatic carbocycles. The van der Waals surface area contributed by atoms with Crippen molar-refractivity contribution in [3.8, 4) is 0 Å². The van der Waals surface area contributed by atoms with Crippen LogP contribution in [-0.2, 0) is 17.1 Å². The molecule has 29 heavy (non-hydrogen) atoms. The summed E-state index contributed by atoms with van der Waals surface area (Å²) in [6.45, 7) is 2.27. The van der Waals surface area contributed by atoms with Crippen LogP contribution in [-0.4, -0.2) is 61.3 Å². The second-order valence-electron chi connectivity index (χ2n) is 7.06. The van der Waals surface area contributed by atoms with E-state index >= 15 is 0 Å². The van der Waals surface area contributed by atoms with Gasteiger partial charge in [-0.15, -0.1) is 0 Å². The molecule has 2 heterocycles. The molecule has 0 bridgehead atoms. The van der Waals surface area contributed by atoms with Gasteiger partial charge in [-0.25, -0.2) is 8.42 Å². The van der Waals surface area contributed by atoms with Crippen LogP contribution in [0.25, 0.3) is 10.2 Å². The van der Waals surface area contributed by atoms with Crippen molar-refractivity contribution in [2.75, 3.05) is 33.2 Å². The summed E-state index contributed by atoms with van der Waals surface area (Å²) in [5.74, 6) is -0.456. The molecule has 0 radical (unpaired) electrons. The quantitative estimate of drug-likeness (QED) is 0.636. The highest BCUT2D eigenvalue weighted by molar-refractivity contribution is 7.89. The number of amides is 1. The van der Waals surface area contributed by atoms with Gasteiger partial charge in [0.2, 0.25) is 10.0 Å². The van der Waals surface area contributed by atoms with E-state index in [0.29, 0.717) is 31.0 Å². The number of carbonyl (C=O) groups excluding carboxylic acids is 1. The Morgan fingerprint density at radius 3 is 2.45 bits per heavy atom. The van der Waals surface area contributed by atoms with Crippen molar-refractivity contribution in [3.05, 3.63) is 58.9 Å². The fourth-order valence-corrected chi connectivity index (χ4v) is 5.79. The van der Waals surface area contributed by atoms with Crippen molar-refractivity contribution in [1.29, 1.82) is 0 Å². The first-order valence-corrected chi connectivity index (χ1v) is 11.5. The number of aromatic nitrogens is 1. The minimum atomic E-state index is -3.63. The van der Waals surface area contributed by atoms with Crippen LogP contribution in [0, 0.1) is 0 Å². The maximum atomic E-state index is 13.0. The Hall–Kier alpha value is -2.33. The molecule has 1 amide bonds. The Morgan fingerprint density at radius 1 is 1.00 bits per heavy atom. The van der Waals surface area contributed by atoms with Crippen molar-refractivity contribution in [1.82, 2.24) is 13.8 Å². The van der Waals surface area contributed by atoms with Gasteiger partial charge in [0.05, 0.1) is 15.1 Å². The minimum absolute atomic E-state index is 0.129. The number of carbonyl (C=O) groups is 1. The van der Waals surface area contributed by atoms with E-state index in [4.69, 9.17) is 0 Å². The first-order valence-electron chi connectivity index (χ1n) is 9.28. The molecule has 4 rings (SSSR count). The van der Waals surface area contributed by atoms with Crippen LogP contribution >= 0.6 is 11.3 Å². The smallest absolute Gasteiger partial charge is 0.279 e. The Kier molecular flexibility index (Phi) is 5.39. The lowest BCUT2D eigenvalue weighted by molar-refractivity contribution is 0.0997. The molecule has 0 unspecified atom stereocenters. The molecule has 7 nitrogen and oxygen atoms in total. The maximum absolute atomic E-state index is 13.0. The van der Waals surface area contributed by atoms with Gasteiger partial charge in [-0.1, -0.05) is 29.5 Å². The van der Waals surface area contributed by atoms with Crippen molar-refractivity contribution in [2.45, 2.75) is 4.90 Å². The van der Waals surface area contributed by atoms with Gasteiger partial charge in [-0.2, -0.15) is 9.30 Å². The summed E-state index contributed by atoms with van der Waals surface area (Å²) < 4.78 is 30.3. The number of benzene rings is 2. The van der Waals surface area contributed by atoms with Gasteiger partial charge in [-0.05, 0) is 37.4 Å². The van der Waals surface area contributed by atoms with Crippen LogP contribution in [0.1, 0.15) is 10.4 Å². The molecular formula is C20H22N4O3S2. The lowest BCUT2D eigenvalue weighted by atomic mass is 10.2. The minimum Gasteiger partial charge on any atom is -0.319 e. The van der Waals surface area contributed by atoms with Gasteiger partial charge < -0.3 is 9.47 Å². The van der Waals surface area contributed by atoms with Crippen LogP contribution in [0.5, 0.6) is 0 Å². The zero-order valence-corrected chi connectivity index (χ0v) is 17.9. The van der Waals surface area contributed by atoms with E-state index in [1.165, 1.54) is 27.8 Å². The fourth-order valence-electron chi connectivity index (χ4n) is 3.31. The molecular weight excluding hydrogens is 408 g/mol. The van der Waals surface area contributed by atoms with Gasteiger partial charge in [0, 0.05) is 38.8 Å². The molecule has 1 aliphatic rings. The Bertz CT molecular complexity index is 1240. The number of hydrogen-bond donors (Lipinski definition) is 0. The van der Waals surface area contributed by atoms with Crippen molar-refractivity contribution in [2.24, 2.45) is 12.0 Å². The van der Waals surface area contributed by atoms with Crippen LogP contribution < -0.4 is 4.80 Å². The van der Waals surface area contributed by atoms with E-state index in [0.717, 1.165) is 10.2 Å². The summed E-state index contributed by atoms with van der Waals surface area (Å²) in [5.41, 5.74) is 1.26. The molecule has 0 saturated carbocycles. The molecule has 1 aliphatic heterocycles. The Morgan fingerprint density at radius 2 is 1.72 bits per heavy atom. The second-order valence-corrected chi connectivity index (χ2v) is 10.0. The van der Waals surface area contributed by atoms with Gasteiger partial charge in [0.15, 0.2) is 4.80 Å². The molecule has 0 atom stereocenters. The first-order chi connectivity index (χ1) is 13.9.